The average Bonchev–Trinajstić information content (AvgIpc) is 3.28. The van der Waals surface area contributed by atoms with Crippen molar-refractivity contribution in [2.24, 2.45) is 0 Å². The molecular formula is C20H23F4N3O5. The number of ether oxygens (including phenoxy) is 2. The number of carboxylic acid groups (broad SMARTS) is 1. The molecule has 1 aliphatic heterocycles. The van der Waals surface area contributed by atoms with Crippen molar-refractivity contribution < 1.29 is 41.5 Å². The summed E-state index contributed by atoms with van der Waals surface area (Å²) < 4.78 is 62.7. The predicted molar refractivity (Wildman–Crippen MR) is 101 cm³/mol. The quantitative estimate of drug-likeness (QED) is 0.693. The van der Waals surface area contributed by atoms with Gasteiger partial charge in [0.15, 0.2) is 5.82 Å². The van der Waals surface area contributed by atoms with Crippen LogP contribution in [-0.4, -0.2) is 63.7 Å². The van der Waals surface area contributed by atoms with E-state index in [1.807, 2.05) is 13.8 Å². The maximum Gasteiger partial charge on any atom is 0.490 e. The van der Waals surface area contributed by atoms with Gasteiger partial charge in [-0.3, -0.25) is 4.90 Å². The second kappa shape index (κ2) is 9.82. The molecule has 1 saturated carbocycles. The number of aromatic nitrogens is 2. The number of morpholine rings is 1. The molecule has 1 saturated heterocycles. The number of fused-ring (bicyclic) bond motifs is 1. The van der Waals surface area contributed by atoms with Crippen molar-refractivity contribution in [3.63, 3.8) is 0 Å². The molecule has 176 valence electrons. The zero-order valence-electron chi connectivity index (χ0n) is 17.4. The lowest BCUT2D eigenvalue weighted by molar-refractivity contribution is -0.192. The summed E-state index contributed by atoms with van der Waals surface area (Å²) in [6.07, 6.45) is -2.02. The number of rotatable bonds is 4. The minimum absolute atomic E-state index is 0.0552. The second-order valence-electron chi connectivity index (χ2n) is 7.50. The molecule has 8 nitrogen and oxygen atoms in total. The molecule has 1 N–H and O–H groups in total. The minimum Gasteiger partial charge on any atom is -0.475 e. The SMILES string of the molecule is Cc1noc(C)c1CN1CCO[C@H]2[C@H](Oc3ncccc3F)CC[C@@H]21.O=C(O)C(F)(F)F. The average molecular weight is 461 g/mol. The van der Waals surface area contributed by atoms with Crippen molar-refractivity contribution >= 4 is 5.97 Å². The van der Waals surface area contributed by atoms with Crippen molar-refractivity contribution in [1.29, 1.82) is 0 Å². The van der Waals surface area contributed by atoms with E-state index in [1.165, 1.54) is 12.3 Å². The van der Waals surface area contributed by atoms with E-state index in [9.17, 15) is 17.6 Å². The normalized spacial score (nSPS) is 23.2. The van der Waals surface area contributed by atoms with E-state index in [0.717, 1.165) is 42.9 Å². The Balaban J connectivity index is 0.000000360. The zero-order valence-corrected chi connectivity index (χ0v) is 17.4. The Labute approximate surface area is 181 Å². The van der Waals surface area contributed by atoms with Crippen LogP contribution < -0.4 is 4.74 Å². The molecule has 0 radical (unpaired) electrons. The van der Waals surface area contributed by atoms with Gasteiger partial charge in [-0.1, -0.05) is 5.16 Å². The maximum atomic E-state index is 13.8. The second-order valence-corrected chi connectivity index (χ2v) is 7.50. The molecule has 1 aliphatic carbocycles. The summed E-state index contributed by atoms with van der Waals surface area (Å²) in [5, 5.41) is 11.2. The number of carboxylic acids is 1. The van der Waals surface area contributed by atoms with E-state index in [0.29, 0.717) is 6.61 Å². The third kappa shape index (κ3) is 5.54. The smallest absolute Gasteiger partial charge is 0.475 e. The summed E-state index contributed by atoms with van der Waals surface area (Å²) in [4.78, 5) is 15.3. The molecule has 4 rings (SSSR count). The largest absolute Gasteiger partial charge is 0.490 e. The first-order valence-corrected chi connectivity index (χ1v) is 9.92. The molecule has 12 heteroatoms. The first-order chi connectivity index (χ1) is 15.1. The molecule has 3 heterocycles. The van der Waals surface area contributed by atoms with Gasteiger partial charge in [0.05, 0.1) is 12.3 Å². The van der Waals surface area contributed by atoms with E-state index < -0.39 is 18.0 Å². The summed E-state index contributed by atoms with van der Waals surface area (Å²) in [5.74, 6) is -2.27. The third-order valence-electron chi connectivity index (χ3n) is 5.42. The Hall–Kier alpha value is -2.73. The summed E-state index contributed by atoms with van der Waals surface area (Å²) in [6, 6.07) is 3.17. The Morgan fingerprint density at radius 2 is 2.06 bits per heavy atom. The molecular weight excluding hydrogens is 438 g/mol. The van der Waals surface area contributed by atoms with Crippen LogP contribution in [0.25, 0.3) is 0 Å². The van der Waals surface area contributed by atoms with Gasteiger partial charge in [-0.05, 0) is 38.8 Å². The molecule has 0 unspecified atom stereocenters. The molecule has 2 fully saturated rings. The van der Waals surface area contributed by atoms with E-state index in [-0.39, 0.29) is 24.1 Å². The van der Waals surface area contributed by atoms with Gasteiger partial charge >= 0.3 is 12.1 Å². The number of hydrogen-bond acceptors (Lipinski definition) is 7. The number of aryl methyl sites for hydroxylation is 2. The number of alkyl halides is 3. The number of pyridine rings is 1. The van der Waals surface area contributed by atoms with Crippen LogP contribution in [0, 0.1) is 19.7 Å². The van der Waals surface area contributed by atoms with Crippen molar-refractivity contribution in [2.45, 2.75) is 57.7 Å². The highest BCUT2D eigenvalue weighted by molar-refractivity contribution is 5.73. The van der Waals surface area contributed by atoms with Crippen LogP contribution in [0.4, 0.5) is 17.6 Å². The van der Waals surface area contributed by atoms with E-state index in [4.69, 9.17) is 23.9 Å². The lowest BCUT2D eigenvalue weighted by atomic mass is 10.1. The highest BCUT2D eigenvalue weighted by Gasteiger charge is 2.44. The standard InChI is InChI=1S/C18H22FN3O3.C2HF3O2/c1-11-13(12(2)25-21-11)10-22-8-9-23-17-15(22)5-6-16(17)24-18-14(19)4-3-7-20-18;3-2(4,5)1(6)7/h3-4,7,15-17H,5-6,8-10H2,1-2H3;(H,6,7)/t15-,16+,17+;/m0./s1. The number of nitrogens with zero attached hydrogens (tertiary/aromatic N) is 3. The van der Waals surface area contributed by atoms with Crippen LogP contribution >= 0.6 is 0 Å². The van der Waals surface area contributed by atoms with Gasteiger partial charge < -0.3 is 19.1 Å². The topological polar surface area (TPSA) is 97.9 Å². The Kier molecular flexibility index (Phi) is 7.34. The lowest BCUT2D eigenvalue weighted by Gasteiger charge is -2.38. The molecule has 0 aromatic carbocycles. The molecule has 32 heavy (non-hydrogen) atoms. The molecule has 0 amide bonds. The van der Waals surface area contributed by atoms with Crippen molar-refractivity contribution in [2.75, 3.05) is 13.2 Å². The molecule has 0 bridgehead atoms. The molecule has 3 atom stereocenters. The van der Waals surface area contributed by atoms with Crippen LogP contribution in [0.5, 0.6) is 5.88 Å². The van der Waals surface area contributed by atoms with E-state index in [1.54, 1.807) is 6.07 Å². The number of aliphatic carboxylic acids is 1. The fourth-order valence-electron chi connectivity index (χ4n) is 3.85. The number of carbonyl (C=O) groups is 1. The van der Waals surface area contributed by atoms with Gasteiger partial charge in [0.2, 0.25) is 0 Å². The van der Waals surface area contributed by atoms with E-state index >= 15 is 0 Å². The molecule has 0 spiro atoms. The lowest BCUT2D eigenvalue weighted by Crippen LogP contribution is -2.51. The predicted octanol–water partition coefficient (Wildman–Crippen LogP) is 3.27. The maximum absolute atomic E-state index is 13.8. The van der Waals surface area contributed by atoms with E-state index in [2.05, 4.69) is 15.0 Å². The van der Waals surface area contributed by atoms with Gasteiger partial charge in [0, 0.05) is 30.9 Å². The van der Waals surface area contributed by atoms with Gasteiger partial charge in [0.25, 0.3) is 5.88 Å². The van der Waals surface area contributed by atoms with Gasteiger partial charge in [-0.2, -0.15) is 13.2 Å². The van der Waals surface area contributed by atoms with Crippen molar-refractivity contribution in [3.05, 3.63) is 41.2 Å². The van der Waals surface area contributed by atoms with Crippen LogP contribution in [-0.2, 0) is 16.1 Å². The summed E-state index contributed by atoms with van der Waals surface area (Å²) >= 11 is 0. The fourth-order valence-corrected chi connectivity index (χ4v) is 3.85. The fraction of sp³-hybridized carbons (Fsp3) is 0.550. The minimum atomic E-state index is -5.08. The van der Waals surface area contributed by atoms with Crippen LogP contribution in [0.1, 0.15) is 29.9 Å². The van der Waals surface area contributed by atoms with Gasteiger partial charge in [0.1, 0.15) is 18.0 Å². The Bertz CT molecular complexity index is 917. The highest BCUT2D eigenvalue weighted by Crippen LogP contribution is 2.34. The van der Waals surface area contributed by atoms with Crippen LogP contribution in [0.15, 0.2) is 22.9 Å². The Morgan fingerprint density at radius 3 is 2.66 bits per heavy atom. The molecule has 2 aromatic rings. The van der Waals surface area contributed by atoms with Crippen molar-refractivity contribution in [3.8, 4) is 5.88 Å². The van der Waals surface area contributed by atoms with Gasteiger partial charge in [-0.15, -0.1) is 0 Å². The third-order valence-corrected chi connectivity index (χ3v) is 5.42. The summed E-state index contributed by atoms with van der Waals surface area (Å²) in [6.45, 7) is 6.19. The van der Waals surface area contributed by atoms with Crippen molar-refractivity contribution in [1.82, 2.24) is 15.0 Å². The number of halogens is 4. The summed E-state index contributed by atoms with van der Waals surface area (Å²) in [7, 11) is 0. The first-order valence-electron chi connectivity index (χ1n) is 9.92. The highest BCUT2D eigenvalue weighted by atomic mass is 19.4. The monoisotopic (exact) mass is 461 g/mol. The van der Waals surface area contributed by atoms with Gasteiger partial charge in [-0.25, -0.2) is 14.2 Å². The zero-order chi connectivity index (χ0) is 23.5. The van der Waals surface area contributed by atoms with Crippen LogP contribution in [0.2, 0.25) is 0 Å². The molecule has 2 aliphatic rings. The number of hydrogen-bond donors (Lipinski definition) is 1. The van der Waals surface area contributed by atoms with Crippen LogP contribution in [0.3, 0.4) is 0 Å². The Morgan fingerprint density at radius 1 is 1.34 bits per heavy atom. The molecule has 2 aromatic heterocycles. The first kappa shape index (κ1) is 23.9. The summed E-state index contributed by atoms with van der Waals surface area (Å²) in [5.41, 5.74) is 2.07.